The molecule has 1 amide bonds. The van der Waals surface area contributed by atoms with Crippen LogP contribution in [0.2, 0.25) is 0 Å². The van der Waals surface area contributed by atoms with Gasteiger partial charge in [0.25, 0.3) is 0 Å². The van der Waals surface area contributed by atoms with E-state index in [9.17, 15) is 9.18 Å². The molecule has 3 rings (SSSR count). The average Bonchev–Trinajstić information content (AvgIpc) is 2.98. The Kier molecular flexibility index (Phi) is 3.88. The summed E-state index contributed by atoms with van der Waals surface area (Å²) >= 11 is 1.54. The maximum absolute atomic E-state index is 12.9. The van der Waals surface area contributed by atoms with Crippen LogP contribution in [0.15, 0.2) is 29.6 Å². The highest BCUT2D eigenvalue weighted by molar-refractivity contribution is 7.14. The van der Waals surface area contributed by atoms with E-state index in [2.05, 4.69) is 9.88 Å². The molecule has 1 aromatic carbocycles. The molecular formula is C15H16FN3OS. The number of thiazole rings is 1. The first-order valence-corrected chi connectivity index (χ1v) is 7.77. The van der Waals surface area contributed by atoms with Crippen LogP contribution in [-0.2, 0) is 4.79 Å². The lowest BCUT2D eigenvalue weighted by Crippen LogP contribution is -2.41. The highest BCUT2D eigenvalue weighted by atomic mass is 32.1. The summed E-state index contributed by atoms with van der Waals surface area (Å²) in [7, 11) is 0. The third-order valence-corrected chi connectivity index (χ3v) is 4.63. The van der Waals surface area contributed by atoms with Crippen LogP contribution in [0.3, 0.4) is 0 Å². The Balaban J connectivity index is 1.78. The predicted octanol–water partition coefficient (Wildman–Crippen LogP) is 2.65. The number of hydrogen-bond acceptors (Lipinski definition) is 4. The number of amides is 1. The van der Waals surface area contributed by atoms with Gasteiger partial charge in [-0.1, -0.05) is 0 Å². The van der Waals surface area contributed by atoms with E-state index in [4.69, 9.17) is 5.73 Å². The van der Waals surface area contributed by atoms with Crippen molar-refractivity contribution >= 4 is 22.4 Å². The number of hydrogen-bond donors (Lipinski definition) is 1. The van der Waals surface area contributed by atoms with E-state index >= 15 is 0 Å². The molecule has 110 valence electrons. The lowest BCUT2D eigenvalue weighted by molar-refractivity contribution is -0.122. The third kappa shape index (κ3) is 3.05. The Bertz CT molecular complexity index is 641. The van der Waals surface area contributed by atoms with Crippen LogP contribution < -0.4 is 10.6 Å². The Morgan fingerprint density at radius 1 is 1.38 bits per heavy atom. The largest absolute Gasteiger partial charge is 0.369 e. The molecule has 1 aliphatic rings. The predicted molar refractivity (Wildman–Crippen MR) is 81.6 cm³/mol. The number of primary amides is 1. The van der Waals surface area contributed by atoms with Crippen LogP contribution in [0.5, 0.6) is 0 Å². The zero-order valence-electron chi connectivity index (χ0n) is 11.5. The molecule has 0 saturated carbocycles. The van der Waals surface area contributed by atoms with Crippen LogP contribution in [-0.4, -0.2) is 24.0 Å². The fourth-order valence-corrected chi connectivity index (χ4v) is 3.42. The van der Waals surface area contributed by atoms with E-state index in [0.29, 0.717) is 6.54 Å². The molecule has 2 aromatic rings. The number of carbonyl (C=O) groups is 1. The van der Waals surface area contributed by atoms with Crippen LogP contribution in [0.25, 0.3) is 11.3 Å². The molecule has 1 aromatic heterocycles. The van der Waals surface area contributed by atoms with Crippen molar-refractivity contribution in [1.82, 2.24) is 4.98 Å². The van der Waals surface area contributed by atoms with Crippen molar-refractivity contribution in [3.05, 3.63) is 35.5 Å². The summed E-state index contributed by atoms with van der Waals surface area (Å²) in [6.07, 6.45) is 1.79. The highest BCUT2D eigenvalue weighted by Crippen LogP contribution is 2.30. The van der Waals surface area contributed by atoms with Gasteiger partial charge in [-0.15, -0.1) is 11.3 Å². The van der Waals surface area contributed by atoms with Crippen molar-refractivity contribution in [1.29, 1.82) is 0 Å². The minimum atomic E-state index is -0.255. The van der Waals surface area contributed by atoms with Gasteiger partial charge >= 0.3 is 0 Å². The van der Waals surface area contributed by atoms with Crippen LogP contribution in [0.4, 0.5) is 9.52 Å². The molecule has 0 radical (unpaired) electrons. The Labute approximate surface area is 126 Å². The van der Waals surface area contributed by atoms with Crippen LogP contribution in [0, 0.1) is 11.7 Å². The second kappa shape index (κ2) is 5.81. The first kappa shape index (κ1) is 14.0. The van der Waals surface area contributed by atoms with E-state index in [1.807, 2.05) is 5.38 Å². The zero-order valence-corrected chi connectivity index (χ0v) is 12.3. The molecule has 21 heavy (non-hydrogen) atoms. The van der Waals surface area contributed by atoms with E-state index in [1.54, 1.807) is 12.1 Å². The Hall–Kier alpha value is -1.95. The van der Waals surface area contributed by atoms with Crippen molar-refractivity contribution in [2.45, 2.75) is 12.8 Å². The second-order valence-electron chi connectivity index (χ2n) is 5.21. The lowest BCUT2D eigenvalue weighted by atomic mass is 9.98. The lowest BCUT2D eigenvalue weighted by Gasteiger charge is -2.30. The number of aromatic nitrogens is 1. The van der Waals surface area contributed by atoms with Crippen LogP contribution in [0.1, 0.15) is 12.8 Å². The fourth-order valence-electron chi connectivity index (χ4n) is 2.55. The minimum absolute atomic E-state index is 0.100. The molecule has 2 N–H and O–H groups in total. The normalized spacial score (nSPS) is 18.7. The molecule has 1 aliphatic heterocycles. The number of rotatable bonds is 3. The highest BCUT2D eigenvalue weighted by Gasteiger charge is 2.25. The van der Waals surface area contributed by atoms with Gasteiger partial charge in [-0.05, 0) is 37.1 Å². The average molecular weight is 305 g/mol. The van der Waals surface area contributed by atoms with Crippen molar-refractivity contribution in [2.24, 2.45) is 11.7 Å². The topological polar surface area (TPSA) is 59.2 Å². The van der Waals surface area contributed by atoms with E-state index in [1.165, 1.54) is 23.5 Å². The molecule has 4 nitrogen and oxygen atoms in total. The minimum Gasteiger partial charge on any atom is -0.369 e. The Morgan fingerprint density at radius 2 is 2.14 bits per heavy atom. The van der Waals surface area contributed by atoms with Gasteiger partial charge in [0.15, 0.2) is 5.13 Å². The standard InChI is InChI=1S/C15H16FN3OS/c16-12-5-3-10(4-6-12)13-9-21-15(18-13)19-7-1-2-11(8-19)14(17)20/h3-6,9,11H,1-2,7-8H2,(H2,17,20)/t11-/m0/s1. The molecule has 1 fully saturated rings. The van der Waals surface area contributed by atoms with E-state index in [-0.39, 0.29) is 17.6 Å². The maximum atomic E-state index is 12.9. The molecule has 0 aliphatic carbocycles. The number of anilines is 1. The third-order valence-electron chi connectivity index (χ3n) is 3.73. The number of nitrogens with zero attached hydrogens (tertiary/aromatic N) is 2. The fraction of sp³-hybridized carbons (Fsp3) is 0.333. The monoisotopic (exact) mass is 305 g/mol. The molecule has 0 bridgehead atoms. The van der Waals surface area contributed by atoms with Gasteiger partial charge in [0.2, 0.25) is 5.91 Å². The number of halogens is 1. The first-order valence-electron chi connectivity index (χ1n) is 6.89. The van der Waals surface area contributed by atoms with E-state index in [0.717, 1.165) is 35.8 Å². The van der Waals surface area contributed by atoms with Crippen molar-refractivity contribution < 1.29 is 9.18 Å². The van der Waals surface area contributed by atoms with Gasteiger partial charge in [0.05, 0.1) is 11.6 Å². The van der Waals surface area contributed by atoms with Gasteiger partial charge in [-0.25, -0.2) is 9.37 Å². The summed E-state index contributed by atoms with van der Waals surface area (Å²) < 4.78 is 12.9. The number of benzene rings is 1. The van der Waals surface area contributed by atoms with Crippen LogP contribution >= 0.6 is 11.3 Å². The smallest absolute Gasteiger partial charge is 0.222 e. The SMILES string of the molecule is NC(=O)[C@H]1CCCN(c2nc(-c3ccc(F)cc3)cs2)C1. The van der Waals surface area contributed by atoms with Gasteiger partial charge in [-0.3, -0.25) is 4.79 Å². The van der Waals surface area contributed by atoms with Gasteiger partial charge in [0, 0.05) is 24.0 Å². The summed E-state index contributed by atoms with van der Waals surface area (Å²) in [6.45, 7) is 1.52. The quantitative estimate of drug-likeness (QED) is 0.948. The molecule has 2 heterocycles. The second-order valence-corrected chi connectivity index (χ2v) is 6.05. The Morgan fingerprint density at radius 3 is 2.86 bits per heavy atom. The maximum Gasteiger partial charge on any atom is 0.222 e. The summed E-state index contributed by atoms with van der Waals surface area (Å²) in [5.41, 5.74) is 7.12. The number of carbonyl (C=O) groups excluding carboxylic acids is 1. The summed E-state index contributed by atoms with van der Waals surface area (Å²) in [6, 6.07) is 6.30. The summed E-state index contributed by atoms with van der Waals surface area (Å²) in [5.74, 6) is -0.596. The summed E-state index contributed by atoms with van der Waals surface area (Å²) in [5, 5.41) is 2.84. The molecule has 0 unspecified atom stereocenters. The first-order chi connectivity index (χ1) is 10.1. The van der Waals surface area contributed by atoms with Crippen molar-refractivity contribution in [2.75, 3.05) is 18.0 Å². The number of piperidine rings is 1. The number of nitrogens with two attached hydrogens (primary N) is 1. The molecule has 1 atom stereocenters. The van der Waals surface area contributed by atoms with Gasteiger partial charge < -0.3 is 10.6 Å². The molecular weight excluding hydrogens is 289 g/mol. The van der Waals surface area contributed by atoms with E-state index < -0.39 is 0 Å². The molecule has 1 saturated heterocycles. The summed E-state index contributed by atoms with van der Waals surface area (Å²) in [4.78, 5) is 18.0. The molecule has 6 heteroatoms. The van der Waals surface area contributed by atoms with Gasteiger partial charge in [-0.2, -0.15) is 0 Å². The van der Waals surface area contributed by atoms with Crippen molar-refractivity contribution in [3.8, 4) is 11.3 Å². The van der Waals surface area contributed by atoms with Crippen molar-refractivity contribution in [3.63, 3.8) is 0 Å². The molecule has 0 spiro atoms. The van der Waals surface area contributed by atoms with Gasteiger partial charge in [0.1, 0.15) is 5.82 Å². The zero-order chi connectivity index (χ0) is 14.8.